The Kier molecular flexibility index (Phi) is 5.50. The number of hydrogen-bond acceptors (Lipinski definition) is 4. The van der Waals surface area contributed by atoms with Crippen LogP contribution >= 0.6 is 0 Å². The summed E-state index contributed by atoms with van der Waals surface area (Å²) in [5.41, 5.74) is 2.35. The number of hydrogen-bond donors (Lipinski definition) is 0. The lowest BCUT2D eigenvalue weighted by molar-refractivity contribution is -0.137. The number of rotatable bonds is 5. The Hall–Kier alpha value is -2.49. The Labute approximate surface area is 143 Å². The zero-order chi connectivity index (χ0) is 17.7. The van der Waals surface area contributed by atoms with Crippen molar-refractivity contribution in [1.82, 2.24) is 0 Å². The van der Waals surface area contributed by atoms with Crippen LogP contribution in [0.15, 0.2) is 47.6 Å². The molecule has 0 unspecified atom stereocenters. The Bertz CT molecular complexity index is 708. The van der Waals surface area contributed by atoms with Gasteiger partial charge in [-0.1, -0.05) is 12.2 Å². The topological polar surface area (TPSA) is 44.8 Å². The summed E-state index contributed by atoms with van der Waals surface area (Å²) in [5, 5.41) is 0. The second-order valence-electron chi connectivity index (χ2n) is 6.09. The molecular weight excluding hydrogens is 304 g/mol. The predicted octanol–water partition coefficient (Wildman–Crippen LogP) is 4.32. The van der Waals surface area contributed by atoms with E-state index in [-0.39, 0.29) is 5.97 Å². The monoisotopic (exact) mass is 328 g/mol. The zero-order valence-electron chi connectivity index (χ0n) is 14.9. The molecule has 0 radical (unpaired) electrons. The molecule has 0 fully saturated rings. The van der Waals surface area contributed by atoms with E-state index in [2.05, 4.69) is 6.08 Å². The van der Waals surface area contributed by atoms with Gasteiger partial charge < -0.3 is 14.2 Å². The molecule has 0 saturated heterocycles. The number of carbonyl (C=O) groups is 1. The van der Waals surface area contributed by atoms with E-state index < -0.39 is 5.60 Å². The highest BCUT2D eigenvalue weighted by Gasteiger charge is 2.28. The first-order valence-corrected chi connectivity index (χ1v) is 7.98. The Morgan fingerprint density at radius 3 is 2.75 bits per heavy atom. The van der Waals surface area contributed by atoms with Gasteiger partial charge in [0, 0.05) is 11.6 Å². The molecule has 1 heterocycles. The number of ether oxygens (including phenoxy) is 3. The van der Waals surface area contributed by atoms with E-state index in [4.69, 9.17) is 14.2 Å². The lowest BCUT2D eigenvalue weighted by Gasteiger charge is -2.32. The fraction of sp³-hybridized carbons (Fsp3) is 0.350. The average molecular weight is 328 g/mol. The first kappa shape index (κ1) is 17.9. The standard InChI is InChI=1S/C20H24O4/c1-6-23-19(21)11-14(2)7-8-16-12-15-13-17(22-5)9-10-18(15)24-20(16,3)4/h7-13H,6H2,1-5H3/b8-7+,14-11+. The Morgan fingerprint density at radius 1 is 1.33 bits per heavy atom. The summed E-state index contributed by atoms with van der Waals surface area (Å²) in [6, 6.07) is 5.74. The van der Waals surface area contributed by atoms with Crippen LogP contribution in [0.25, 0.3) is 6.08 Å². The van der Waals surface area contributed by atoms with Gasteiger partial charge in [0.2, 0.25) is 0 Å². The van der Waals surface area contributed by atoms with Crippen LogP contribution in [0.3, 0.4) is 0 Å². The van der Waals surface area contributed by atoms with E-state index >= 15 is 0 Å². The molecule has 1 aromatic rings. The molecule has 4 heteroatoms. The second-order valence-corrected chi connectivity index (χ2v) is 6.09. The fourth-order valence-corrected chi connectivity index (χ4v) is 2.42. The molecule has 128 valence electrons. The van der Waals surface area contributed by atoms with E-state index in [0.717, 1.165) is 28.2 Å². The van der Waals surface area contributed by atoms with E-state index in [9.17, 15) is 4.79 Å². The van der Waals surface area contributed by atoms with Crippen molar-refractivity contribution in [2.75, 3.05) is 13.7 Å². The Morgan fingerprint density at radius 2 is 2.08 bits per heavy atom. The van der Waals surface area contributed by atoms with Gasteiger partial charge in [-0.25, -0.2) is 4.79 Å². The molecule has 4 nitrogen and oxygen atoms in total. The SMILES string of the molecule is CCOC(=O)/C=C(C)/C=C/C1=Cc2cc(OC)ccc2OC1(C)C. The molecule has 0 aromatic heterocycles. The van der Waals surface area contributed by atoms with Crippen molar-refractivity contribution in [3.63, 3.8) is 0 Å². The van der Waals surface area contributed by atoms with Gasteiger partial charge in [-0.05, 0) is 63.1 Å². The van der Waals surface area contributed by atoms with Gasteiger partial charge >= 0.3 is 5.97 Å². The van der Waals surface area contributed by atoms with Crippen LogP contribution in [-0.4, -0.2) is 25.3 Å². The summed E-state index contributed by atoms with van der Waals surface area (Å²) in [7, 11) is 1.64. The number of benzene rings is 1. The third-order valence-electron chi connectivity index (χ3n) is 3.75. The molecule has 0 N–H and O–H groups in total. The van der Waals surface area contributed by atoms with Crippen LogP contribution in [-0.2, 0) is 9.53 Å². The minimum Gasteiger partial charge on any atom is -0.497 e. The molecule has 24 heavy (non-hydrogen) atoms. The van der Waals surface area contributed by atoms with Gasteiger partial charge in [-0.15, -0.1) is 0 Å². The normalized spacial score (nSPS) is 16.2. The number of methoxy groups -OCH3 is 1. The molecule has 1 aliphatic rings. The van der Waals surface area contributed by atoms with E-state index in [1.54, 1.807) is 14.0 Å². The third kappa shape index (κ3) is 4.28. The summed E-state index contributed by atoms with van der Waals surface area (Å²) in [4.78, 5) is 11.5. The summed E-state index contributed by atoms with van der Waals surface area (Å²) < 4.78 is 16.3. The number of fused-ring (bicyclic) bond motifs is 1. The molecule has 0 aliphatic carbocycles. The minimum atomic E-state index is -0.456. The van der Waals surface area contributed by atoms with Crippen LogP contribution < -0.4 is 9.47 Å². The molecular formula is C20H24O4. The molecule has 0 bridgehead atoms. The molecule has 0 saturated carbocycles. The second kappa shape index (κ2) is 7.39. The fourth-order valence-electron chi connectivity index (χ4n) is 2.42. The zero-order valence-corrected chi connectivity index (χ0v) is 14.9. The first-order chi connectivity index (χ1) is 11.4. The van der Waals surface area contributed by atoms with Gasteiger partial charge in [0.15, 0.2) is 0 Å². The lowest BCUT2D eigenvalue weighted by atomic mass is 9.91. The van der Waals surface area contributed by atoms with Gasteiger partial charge in [-0.3, -0.25) is 0 Å². The van der Waals surface area contributed by atoms with Crippen molar-refractivity contribution >= 4 is 12.0 Å². The molecule has 1 aliphatic heterocycles. The molecule has 0 atom stereocenters. The third-order valence-corrected chi connectivity index (χ3v) is 3.75. The van der Waals surface area contributed by atoms with Crippen molar-refractivity contribution in [3.8, 4) is 11.5 Å². The van der Waals surface area contributed by atoms with E-state index in [1.807, 2.05) is 51.1 Å². The van der Waals surface area contributed by atoms with Gasteiger partial charge in [0.05, 0.1) is 13.7 Å². The van der Waals surface area contributed by atoms with Crippen molar-refractivity contribution in [2.45, 2.75) is 33.3 Å². The molecule has 0 spiro atoms. The maximum absolute atomic E-state index is 11.5. The molecule has 1 aromatic carbocycles. The van der Waals surface area contributed by atoms with Crippen molar-refractivity contribution in [1.29, 1.82) is 0 Å². The summed E-state index contributed by atoms with van der Waals surface area (Å²) >= 11 is 0. The maximum atomic E-state index is 11.5. The maximum Gasteiger partial charge on any atom is 0.330 e. The first-order valence-electron chi connectivity index (χ1n) is 7.98. The highest BCUT2D eigenvalue weighted by molar-refractivity contribution is 5.83. The average Bonchev–Trinajstić information content (AvgIpc) is 2.52. The predicted molar refractivity (Wildman–Crippen MR) is 95.2 cm³/mol. The van der Waals surface area contributed by atoms with E-state index in [1.165, 1.54) is 6.08 Å². The highest BCUT2D eigenvalue weighted by atomic mass is 16.5. The smallest absolute Gasteiger partial charge is 0.330 e. The molecule has 0 amide bonds. The lowest BCUT2D eigenvalue weighted by Crippen LogP contribution is -2.32. The van der Waals surface area contributed by atoms with Crippen LogP contribution in [0.1, 0.15) is 33.3 Å². The van der Waals surface area contributed by atoms with Crippen LogP contribution in [0, 0.1) is 0 Å². The number of allylic oxidation sites excluding steroid dienone is 2. The van der Waals surface area contributed by atoms with Crippen molar-refractivity contribution in [2.24, 2.45) is 0 Å². The highest BCUT2D eigenvalue weighted by Crippen LogP contribution is 2.37. The van der Waals surface area contributed by atoms with Crippen LogP contribution in [0.2, 0.25) is 0 Å². The minimum absolute atomic E-state index is 0.331. The molecule has 2 rings (SSSR count). The summed E-state index contributed by atoms with van der Waals surface area (Å²) in [6.45, 7) is 8.05. The number of esters is 1. The van der Waals surface area contributed by atoms with Crippen LogP contribution in [0.4, 0.5) is 0 Å². The quantitative estimate of drug-likeness (QED) is 0.459. The Balaban J connectivity index is 2.28. The largest absolute Gasteiger partial charge is 0.497 e. The van der Waals surface area contributed by atoms with Crippen LogP contribution in [0.5, 0.6) is 11.5 Å². The number of carbonyl (C=O) groups excluding carboxylic acids is 1. The van der Waals surface area contributed by atoms with E-state index in [0.29, 0.717) is 6.61 Å². The summed E-state index contributed by atoms with van der Waals surface area (Å²) in [5.74, 6) is 1.29. The van der Waals surface area contributed by atoms with Gasteiger partial charge in [-0.2, -0.15) is 0 Å². The van der Waals surface area contributed by atoms with Gasteiger partial charge in [0.25, 0.3) is 0 Å². The van der Waals surface area contributed by atoms with Crippen molar-refractivity contribution in [3.05, 3.63) is 53.1 Å². The van der Waals surface area contributed by atoms with Gasteiger partial charge in [0.1, 0.15) is 17.1 Å². The summed E-state index contributed by atoms with van der Waals surface area (Å²) in [6.07, 6.45) is 7.41. The van der Waals surface area contributed by atoms with Crippen molar-refractivity contribution < 1.29 is 19.0 Å².